The number of nitrogens with two attached hydrogens (primary N) is 1. The van der Waals surface area contributed by atoms with E-state index < -0.39 is 35.1 Å². The maximum absolute atomic E-state index is 16.4. The number of carbonyl (C=O) groups is 2. The molecular weight excluding hydrogens is 666 g/mol. The second kappa shape index (κ2) is 13.2. The van der Waals surface area contributed by atoms with Gasteiger partial charge in [-0.15, -0.1) is 0 Å². The van der Waals surface area contributed by atoms with Gasteiger partial charge in [-0.2, -0.15) is 0 Å². The third-order valence-electron chi connectivity index (χ3n) is 9.62. The molecule has 4 aromatic rings. The standard InChI is InChI=1S/C38H39Cl2FN4O4/c1-37(2,3)18-31-38(20-45(19-21-8-12-24(42)13-9-21)29-17-23(39)11-14-26(29)38)32(25-6-5-7-27(40)33(25)41)34(44-31)35(46)43-28-15-10-22(36(47)48)16-30(28)49-4/h5-17,31-32,34,44H,18-20,42H2,1-4H3,(H,43,46)(H,47,48)/t31-,32-,34+,38-/m0/s1. The number of carbonyl (C=O) groups excluding carboxylic acids is 1. The summed E-state index contributed by atoms with van der Waals surface area (Å²) in [6.07, 6.45) is 0.657. The Labute approximate surface area is 295 Å². The van der Waals surface area contributed by atoms with E-state index in [4.69, 9.17) is 33.7 Å². The summed E-state index contributed by atoms with van der Waals surface area (Å²) >= 11 is 13.1. The maximum Gasteiger partial charge on any atom is 0.335 e. The summed E-state index contributed by atoms with van der Waals surface area (Å²) in [6, 6.07) is 21.4. The Morgan fingerprint density at radius 2 is 1.82 bits per heavy atom. The Bertz CT molecular complexity index is 1920. The highest BCUT2D eigenvalue weighted by molar-refractivity contribution is 6.31. The number of anilines is 3. The molecule has 1 amide bonds. The second-order valence-corrected chi connectivity index (χ2v) is 14.9. The highest BCUT2D eigenvalue weighted by Crippen LogP contribution is 2.58. The number of benzene rings is 4. The van der Waals surface area contributed by atoms with Crippen molar-refractivity contribution in [2.75, 3.05) is 29.6 Å². The number of carboxylic acids is 1. The van der Waals surface area contributed by atoms with Gasteiger partial charge in [-0.3, -0.25) is 4.79 Å². The van der Waals surface area contributed by atoms with E-state index >= 15 is 4.39 Å². The van der Waals surface area contributed by atoms with Gasteiger partial charge in [0.05, 0.1) is 29.4 Å². The number of nitrogens with one attached hydrogen (secondary N) is 2. The van der Waals surface area contributed by atoms with Crippen molar-refractivity contribution in [3.8, 4) is 5.75 Å². The summed E-state index contributed by atoms with van der Waals surface area (Å²) in [5.41, 5.74) is 9.18. The fourth-order valence-corrected chi connectivity index (χ4v) is 7.95. The van der Waals surface area contributed by atoms with Crippen LogP contribution in [-0.4, -0.2) is 42.7 Å². The van der Waals surface area contributed by atoms with Crippen molar-refractivity contribution in [2.24, 2.45) is 5.41 Å². The average molecular weight is 706 g/mol. The molecule has 1 fully saturated rings. The van der Waals surface area contributed by atoms with Gasteiger partial charge in [0, 0.05) is 46.9 Å². The van der Waals surface area contributed by atoms with Crippen molar-refractivity contribution in [1.82, 2.24) is 5.32 Å². The number of halogens is 3. The fourth-order valence-electron chi connectivity index (χ4n) is 7.61. The zero-order valence-electron chi connectivity index (χ0n) is 27.7. The summed E-state index contributed by atoms with van der Waals surface area (Å²) in [5.74, 6) is -2.66. The highest BCUT2D eigenvalue weighted by Gasteiger charge is 2.63. The van der Waals surface area contributed by atoms with Crippen LogP contribution in [0.2, 0.25) is 10.0 Å². The molecule has 2 aliphatic heterocycles. The molecule has 0 unspecified atom stereocenters. The van der Waals surface area contributed by atoms with E-state index in [1.807, 2.05) is 42.5 Å². The lowest BCUT2D eigenvalue weighted by molar-refractivity contribution is -0.118. The number of hydrogen-bond acceptors (Lipinski definition) is 6. The van der Waals surface area contributed by atoms with E-state index in [9.17, 15) is 14.7 Å². The number of rotatable bonds is 8. The summed E-state index contributed by atoms with van der Waals surface area (Å²) in [4.78, 5) is 28.4. The van der Waals surface area contributed by atoms with Gasteiger partial charge in [-0.1, -0.05) is 74.3 Å². The molecule has 4 aromatic carbocycles. The minimum atomic E-state index is -1.12. The third-order valence-corrected chi connectivity index (χ3v) is 10.1. The lowest BCUT2D eigenvalue weighted by atomic mass is 9.63. The first kappa shape index (κ1) is 34.5. The van der Waals surface area contributed by atoms with Crippen LogP contribution in [0.4, 0.5) is 21.5 Å². The van der Waals surface area contributed by atoms with Crippen LogP contribution in [-0.2, 0) is 16.8 Å². The van der Waals surface area contributed by atoms with Crippen molar-refractivity contribution in [3.63, 3.8) is 0 Å². The van der Waals surface area contributed by atoms with Crippen LogP contribution in [0, 0.1) is 11.2 Å². The van der Waals surface area contributed by atoms with E-state index in [1.54, 1.807) is 12.1 Å². The topological polar surface area (TPSA) is 117 Å². The monoisotopic (exact) mass is 704 g/mol. The molecule has 8 nitrogen and oxygen atoms in total. The zero-order valence-corrected chi connectivity index (χ0v) is 29.2. The average Bonchev–Trinajstić information content (AvgIpc) is 3.52. The van der Waals surface area contributed by atoms with Crippen molar-refractivity contribution in [2.45, 2.75) is 57.2 Å². The van der Waals surface area contributed by atoms with Crippen molar-refractivity contribution < 1.29 is 23.8 Å². The Balaban J connectivity index is 1.53. The van der Waals surface area contributed by atoms with Gasteiger partial charge in [0.2, 0.25) is 5.91 Å². The van der Waals surface area contributed by atoms with Crippen LogP contribution in [0.1, 0.15) is 60.2 Å². The third kappa shape index (κ3) is 6.55. The van der Waals surface area contributed by atoms with E-state index in [-0.39, 0.29) is 27.8 Å². The molecule has 2 heterocycles. The molecular formula is C38H39Cl2FN4O4. The van der Waals surface area contributed by atoms with Crippen LogP contribution < -0.4 is 26.0 Å². The first-order valence-corrected chi connectivity index (χ1v) is 16.8. The lowest BCUT2D eigenvalue weighted by Crippen LogP contribution is -2.48. The zero-order chi connectivity index (χ0) is 35.2. The predicted molar refractivity (Wildman–Crippen MR) is 193 cm³/mol. The Kier molecular flexibility index (Phi) is 9.30. The van der Waals surface area contributed by atoms with Crippen LogP contribution in [0.15, 0.2) is 78.9 Å². The van der Waals surface area contributed by atoms with Gasteiger partial charge in [0.1, 0.15) is 11.6 Å². The highest BCUT2D eigenvalue weighted by atomic mass is 35.5. The number of carboxylic acid groups (broad SMARTS) is 1. The SMILES string of the molecule is COc1cc(C(=O)O)ccc1NC(=O)[C@@H]1N[C@@H](CC(C)(C)C)[C@@]2(CN(Cc3ccc(N)cc3)c3cc(Cl)ccc32)[C@H]1c1cccc(Cl)c1F. The molecule has 256 valence electrons. The molecule has 0 radical (unpaired) electrons. The molecule has 0 saturated carbocycles. The van der Waals surface area contributed by atoms with E-state index in [0.29, 0.717) is 41.5 Å². The summed E-state index contributed by atoms with van der Waals surface area (Å²) in [6.45, 7) is 7.42. The van der Waals surface area contributed by atoms with Gasteiger partial charge >= 0.3 is 5.97 Å². The molecule has 49 heavy (non-hydrogen) atoms. The number of nitrogens with zero attached hydrogens (tertiary/aromatic N) is 1. The molecule has 11 heteroatoms. The predicted octanol–water partition coefficient (Wildman–Crippen LogP) is 7.88. The van der Waals surface area contributed by atoms with Crippen LogP contribution in [0.3, 0.4) is 0 Å². The van der Waals surface area contributed by atoms with Gasteiger partial charge in [-0.05, 0) is 77.1 Å². The molecule has 5 N–H and O–H groups in total. The maximum atomic E-state index is 16.4. The smallest absolute Gasteiger partial charge is 0.335 e. The summed E-state index contributed by atoms with van der Waals surface area (Å²) in [7, 11) is 1.40. The van der Waals surface area contributed by atoms with Gasteiger partial charge in [-0.25, -0.2) is 9.18 Å². The minimum Gasteiger partial charge on any atom is -0.495 e. The summed E-state index contributed by atoms with van der Waals surface area (Å²) < 4.78 is 21.8. The quantitative estimate of drug-likeness (QED) is 0.138. The van der Waals surface area contributed by atoms with Crippen molar-refractivity contribution >= 4 is 52.1 Å². The Hall–Kier alpha value is -4.31. The molecule has 0 bridgehead atoms. The summed E-state index contributed by atoms with van der Waals surface area (Å²) in [5, 5.41) is 16.7. The van der Waals surface area contributed by atoms with Crippen LogP contribution in [0.25, 0.3) is 0 Å². The van der Waals surface area contributed by atoms with E-state index in [1.165, 1.54) is 31.4 Å². The van der Waals surface area contributed by atoms with E-state index in [2.05, 4.69) is 36.3 Å². The molecule has 6 rings (SSSR count). The number of amides is 1. The van der Waals surface area contributed by atoms with Crippen LogP contribution >= 0.6 is 23.2 Å². The number of ether oxygens (including phenoxy) is 1. The molecule has 4 atom stereocenters. The minimum absolute atomic E-state index is 0.0133. The normalized spacial score (nSPS) is 21.5. The largest absolute Gasteiger partial charge is 0.495 e. The number of aromatic carboxylic acids is 1. The molecule has 1 spiro atoms. The first-order chi connectivity index (χ1) is 23.2. The second-order valence-electron chi connectivity index (χ2n) is 14.1. The number of fused-ring (bicyclic) bond motifs is 2. The molecule has 0 aliphatic carbocycles. The number of hydrogen-bond donors (Lipinski definition) is 4. The van der Waals surface area contributed by atoms with Gasteiger partial charge in [0.25, 0.3) is 0 Å². The first-order valence-electron chi connectivity index (χ1n) is 16.0. The number of nitrogen functional groups attached to an aromatic ring is 1. The number of methoxy groups -OCH3 is 1. The van der Waals surface area contributed by atoms with E-state index in [0.717, 1.165) is 16.8 Å². The fraction of sp³-hybridized carbons (Fsp3) is 0.316. The molecule has 1 saturated heterocycles. The van der Waals surface area contributed by atoms with Crippen molar-refractivity contribution in [3.05, 3.63) is 117 Å². The van der Waals surface area contributed by atoms with Crippen molar-refractivity contribution in [1.29, 1.82) is 0 Å². The Morgan fingerprint density at radius 3 is 2.49 bits per heavy atom. The molecule has 0 aromatic heterocycles. The Morgan fingerprint density at radius 1 is 1.08 bits per heavy atom. The van der Waals surface area contributed by atoms with Gasteiger partial charge < -0.3 is 31.1 Å². The lowest BCUT2D eigenvalue weighted by Gasteiger charge is -2.40. The molecule has 2 aliphatic rings. The van der Waals surface area contributed by atoms with Crippen LogP contribution in [0.5, 0.6) is 5.75 Å². The van der Waals surface area contributed by atoms with Gasteiger partial charge in [0.15, 0.2) is 0 Å².